The van der Waals surface area contributed by atoms with E-state index in [9.17, 15) is 0 Å². The van der Waals surface area contributed by atoms with Crippen molar-refractivity contribution in [1.82, 2.24) is 5.32 Å². The molecule has 1 saturated heterocycles. The van der Waals surface area contributed by atoms with Gasteiger partial charge in [-0.1, -0.05) is 64.7 Å². The van der Waals surface area contributed by atoms with E-state index in [0.29, 0.717) is 0 Å². The number of hydrogen-bond donors (Lipinski definition) is 1. The Morgan fingerprint density at radius 2 is 1.67 bits per heavy atom. The van der Waals surface area contributed by atoms with Crippen molar-refractivity contribution in [3.63, 3.8) is 0 Å². The molecule has 0 radical (unpaired) electrons. The Labute approximate surface area is 150 Å². The summed E-state index contributed by atoms with van der Waals surface area (Å²) in [5, 5.41) is 4.05. The number of nitrogens with one attached hydrogen (secondary N) is 1. The molecule has 1 spiro atoms. The van der Waals surface area contributed by atoms with Crippen LogP contribution in [0.5, 0.6) is 0 Å². The predicted molar refractivity (Wildman–Crippen MR) is 103 cm³/mol. The van der Waals surface area contributed by atoms with Gasteiger partial charge in [-0.25, -0.2) is 0 Å². The summed E-state index contributed by atoms with van der Waals surface area (Å²) in [6.45, 7) is 3.79. The van der Waals surface area contributed by atoms with E-state index in [-0.39, 0.29) is 0 Å². The predicted octanol–water partition coefficient (Wildman–Crippen LogP) is 6.32. The molecule has 1 heteroatoms. The van der Waals surface area contributed by atoms with Crippen molar-refractivity contribution in [2.24, 2.45) is 29.1 Å². The summed E-state index contributed by atoms with van der Waals surface area (Å²) in [4.78, 5) is 0. The highest BCUT2D eigenvalue weighted by Crippen LogP contribution is 2.66. The first-order chi connectivity index (χ1) is 11.8. The van der Waals surface area contributed by atoms with Gasteiger partial charge in [0.15, 0.2) is 0 Å². The molecule has 4 fully saturated rings. The molecule has 3 saturated carbocycles. The molecule has 0 amide bonds. The van der Waals surface area contributed by atoms with Crippen LogP contribution in [-0.4, -0.2) is 12.6 Å². The minimum absolute atomic E-state index is 0.735. The van der Waals surface area contributed by atoms with Crippen molar-refractivity contribution in [1.29, 1.82) is 0 Å². The van der Waals surface area contributed by atoms with Crippen LogP contribution in [0.4, 0.5) is 0 Å². The van der Waals surface area contributed by atoms with E-state index in [1.54, 1.807) is 25.7 Å². The van der Waals surface area contributed by atoms with Gasteiger partial charge < -0.3 is 5.32 Å². The fourth-order valence-corrected chi connectivity index (χ4v) is 7.04. The molecule has 0 aromatic carbocycles. The molecule has 4 aliphatic rings. The van der Waals surface area contributed by atoms with Crippen molar-refractivity contribution in [3.8, 4) is 0 Å². The Morgan fingerprint density at radius 1 is 0.792 bits per heavy atom. The van der Waals surface area contributed by atoms with Gasteiger partial charge in [0, 0.05) is 6.04 Å². The molecule has 4 rings (SSSR count). The SMILES string of the molecule is CC1CCCC(CC2CCCNC3CCCCCCC4CC243)CC1. The topological polar surface area (TPSA) is 12.0 Å². The highest BCUT2D eigenvalue weighted by Gasteiger charge is 2.62. The molecule has 1 aliphatic heterocycles. The summed E-state index contributed by atoms with van der Waals surface area (Å²) >= 11 is 0. The van der Waals surface area contributed by atoms with Crippen LogP contribution in [0.15, 0.2) is 0 Å². The molecular weight excluding hydrogens is 290 g/mol. The van der Waals surface area contributed by atoms with Crippen molar-refractivity contribution < 1.29 is 0 Å². The lowest BCUT2D eigenvalue weighted by Gasteiger charge is -2.36. The summed E-state index contributed by atoms with van der Waals surface area (Å²) in [5.74, 6) is 4.19. The Hall–Kier alpha value is -0.0400. The summed E-state index contributed by atoms with van der Waals surface area (Å²) in [5.41, 5.74) is 0.735. The molecule has 3 aliphatic carbocycles. The second kappa shape index (κ2) is 7.68. The van der Waals surface area contributed by atoms with E-state index >= 15 is 0 Å². The van der Waals surface area contributed by atoms with Crippen LogP contribution in [-0.2, 0) is 0 Å². The van der Waals surface area contributed by atoms with E-state index in [1.807, 2.05) is 0 Å². The molecule has 0 bridgehead atoms. The van der Waals surface area contributed by atoms with Gasteiger partial charge in [-0.05, 0) is 74.2 Å². The van der Waals surface area contributed by atoms with Crippen molar-refractivity contribution in [3.05, 3.63) is 0 Å². The molecule has 1 N–H and O–H groups in total. The number of hydrogen-bond acceptors (Lipinski definition) is 1. The lowest BCUT2D eigenvalue weighted by atomic mass is 9.72. The van der Waals surface area contributed by atoms with Crippen LogP contribution in [0.25, 0.3) is 0 Å². The third kappa shape index (κ3) is 3.57. The van der Waals surface area contributed by atoms with Crippen LogP contribution in [0.2, 0.25) is 0 Å². The van der Waals surface area contributed by atoms with Crippen molar-refractivity contribution in [2.45, 2.75) is 109 Å². The van der Waals surface area contributed by atoms with Gasteiger partial charge in [0.25, 0.3) is 0 Å². The largest absolute Gasteiger partial charge is 0.313 e. The van der Waals surface area contributed by atoms with Crippen molar-refractivity contribution >= 4 is 0 Å². The van der Waals surface area contributed by atoms with Crippen molar-refractivity contribution in [2.75, 3.05) is 6.54 Å². The van der Waals surface area contributed by atoms with Gasteiger partial charge in [0.1, 0.15) is 0 Å². The summed E-state index contributed by atoms with van der Waals surface area (Å²) in [6.07, 6.45) is 22.8. The maximum atomic E-state index is 4.05. The van der Waals surface area contributed by atoms with Gasteiger partial charge in [-0.3, -0.25) is 0 Å². The van der Waals surface area contributed by atoms with Crippen LogP contribution in [0.3, 0.4) is 0 Å². The summed E-state index contributed by atoms with van der Waals surface area (Å²) in [7, 11) is 0. The standard InChI is InChI=1S/C23H41N/c1-18-8-6-9-19(14-13-18)16-20-11-7-15-24-22-12-5-3-2-4-10-21-17-23(20,21)22/h18-22,24H,2-17H2,1H3. The quantitative estimate of drug-likeness (QED) is 0.584. The lowest BCUT2D eigenvalue weighted by Crippen LogP contribution is -2.41. The molecule has 6 atom stereocenters. The zero-order valence-corrected chi connectivity index (χ0v) is 16.2. The lowest BCUT2D eigenvalue weighted by molar-refractivity contribution is 0.164. The molecule has 1 heterocycles. The molecular formula is C23H41N. The highest BCUT2D eigenvalue weighted by atomic mass is 15.0. The second-order valence-electron chi connectivity index (χ2n) is 10.1. The van der Waals surface area contributed by atoms with Crippen LogP contribution in [0, 0.1) is 29.1 Å². The first kappa shape index (κ1) is 17.4. The molecule has 0 aromatic heterocycles. The van der Waals surface area contributed by atoms with E-state index in [2.05, 4.69) is 12.2 Å². The van der Waals surface area contributed by atoms with Crippen LogP contribution < -0.4 is 5.32 Å². The van der Waals surface area contributed by atoms with E-state index in [0.717, 1.165) is 35.1 Å². The number of rotatable bonds is 2. The van der Waals surface area contributed by atoms with Gasteiger partial charge >= 0.3 is 0 Å². The average molecular weight is 332 g/mol. The minimum Gasteiger partial charge on any atom is -0.313 e. The summed E-state index contributed by atoms with van der Waals surface area (Å²) in [6, 6.07) is 0.873. The normalized spacial score (nSPS) is 47.1. The monoisotopic (exact) mass is 331 g/mol. The van der Waals surface area contributed by atoms with E-state index in [4.69, 9.17) is 0 Å². The van der Waals surface area contributed by atoms with Gasteiger partial charge in [-0.2, -0.15) is 0 Å². The maximum Gasteiger partial charge on any atom is 0.0129 e. The van der Waals surface area contributed by atoms with Gasteiger partial charge in [0.05, 0.1) is 0 Å². The summed E-state index contributed by atoms with van der Waals surface area (Å²) < 4.78 is 0. The molecule has 24 heavy (non-hydrogen) atoms. The Kier molecular flexibility index (Phi) is 5.56. The Balaban J connectivity index is 1.48. The minimum atomic E-state index is 0.735. The second-order valence-corrected chi connectivity index (χ2v) is 10.1. The third-order valence-corrected chi connectivity index (χ3v) is 8.52. The zero-order chi connectivity index (χ0) is 16.4. The Bertz CT molecular complexity index is 405. The highest BCUT2D eigenvalue weighted by molar-refractivity contribution is 5.13. The first-order valence-electron chi connectivity index (χ1n) is 11.5. The van der Waals surface area contributed by atoms with Gasteiger partial charge in [0.2, 0.25) is 0 Å². The molecule has 0 aromatic rings. The zero-order valence-electron chi connectivity index (χ0n) is 16.2. The van der Waals surface area contributed by atoms with Crippen LogP contribution in [0.1, 0.15) is 103 Å². The first-order valence-corrected chi connectivity index (χ1v) is 11.5. The fraction of sp³-hybridized carbons (Fsp3) is 1.00. The molecule has 6 unspecified atom stereocenters. The fourth-order valence-electron chi connectivity index (χ4n) is 7.04. The molecule has 138 valence electrons. The van der Waals surface area contributed by atoms with E-state index in [1.165, 1.54) is 77.2 Å². The average Bonchev–Trinajstić information content (AvgIpc) is 3.34. The maximum absolute atomic E-state index is 4.05. The third-order valence-electron chi connectivity index (χ3n) is 8.52. The van der Waals surface area contributed by atoms with E-state index < -0.39 is 0 Å². The Morgan fingerprint density at radius 3 is 2.58 bits per heavy atom. The van der Waals surface area contributed by atoms with Crippen LogP contribution >= 0.6 is 0 Å². The van der Waals surface area contributed by atoms with Gasteiger partial charge in [-0.15, -0.1) is 0 Å². The smallest absolute Gasteiger partial charge is 0.0129 e. The molecule has 1 nitrogen and oxygen atoms in total.